The minimum absolute atomic E-state index is 0. The lowest BCUT2D eigenvalue weighted by Gasteiger charge is -2.35. The standard InChI is InChI=1S/C34H40N8O3.ClH/c1-18(2)31-37-27-14-19(3)29(40-32(27)41-31)22-8-4-20(5-9-22)15-28(30(36)43)42(33(44)23-10-6-21(17-35)7-11-23)24-12-13-25-26(16-24)39-34(45)38-25;/h4-5,8-9,12-14,16,18,21,23,28H,6-7,10-11,15,17,35H2,1-3H3,(H2,36,43)(H,37,40,41)(H2,38,39,45);1H/t21?,23?,28-;/m0./s1. The van der Waals surface area contributed by atoms with Crippen LogP contribution in [0.3, 0.4) is 0 Å². The van der Waals surface area contributed by atoms with Crippen molar-refractivity contribution in [2.45, 2.75) is 64.8 Å². The Balaban J connectivity index is 0.00000417. The average molecular weight is 645 g/mol. The van der Waals surface area contributed by atoms with Crippen LogP contribution < -0.4 is 22.1 Å². The second-order valence-electron chi connectivity index (χ2n) is 12.6. The molecule has 1 atom stereocenters. The van der Waals surface area contributed by atoms with E-state index < -0.39 is 11.9 Å². The first-order valence-electron chi connectivity index (χ1n) is 15.6. The van der Waals surface area contributed by atoms with Crippen molar-refractivity contribution in [1.29, 1.82) is 0 Å². The highest BCUT2D eigenvalue weighted by Gasteiger charge is 2.36. The van der Waals surface area contributed by atoms with Gasteiger partial charge in [-0.15, -0.1) is 12.4 Å². The number of nitrogens with zero attached hydrogens (tertiary/aromatic N) is 3. The van der Waals surface area contributed by atoms with Crippen molar-refractivity contribution in [1.82, 2.24) is 24.9 Å². The lowest BCUT2D eigenvalue weighted by molar-refractivity contribution is -0.127. The largest absolute Gasteiger partial charge is 0.368 e. The predicted molar refractivity (Wildman–Crippen MR) is 183 cm³/mol. The highest BCUT2D eigenvalue weighted by atomic mass is 35.5. The number of hydrogen-bond acceptors (Lipinski definition) is 6. The highest BCUT2D eigenvalue weighted by molar-refractivity contribution is 6.02. The molecule has 1 aliphatic carbocycles. The average Bonchev–Trinajstić information content (AvgIpc) is 3.62. The number of nitrogens with two attached hydrogens (primary N) is 2. The second kappa shape index (κ2) is 13.5. The van der Waals surface area contributed by atoms with Crippen molar-refractivity contribution in [2.75, 3.05) is 11.4 Å². The summed E-state index contributed by atoms with van der Waals surface area (Å²) in [7, 11) is 0. The van der Waals surface area contributed by atoms with E-state index in [0.717, 1.165) is 46.6 Å². The SMILES string of the molecule is Cc1cc2[nH]c(C(C)C)nc2nc1-c1ccc(C[C@@H](C(N)=O)N(C(=O)C2CCC(CN)CC2)c2ccc3[nH]c(=O)[nH]c3c2)cc1.Cl. The molecule has 3 aromatic heterocycles. The number of rotatable bonds is 9. The molecule has 1 saturated carbocycles. The van der Waals surface area contributed by atoms with Gasteiger partial charge in [0.2, 0.25) is 11.8 Å². The number of fused-ring (bicyclic) bond motifs is 2. The van der Waals surface area contributed by atoms with E-state index in [0.29, 0.717) is 47.7 Å². The smallest absolute Gasteiger partial charge is 0.323 e. The van der Waals surface area contributed by atoms with Gasteiger partial charge in [0.15, 0.2) is 5.65 Å². The van der Waals surface area contributed by atoms with Crippen molar-refractivity contribution in [3.63, 3.8) is 0 Å². The number of anilines is 1. The van der Waals surface area contributed by atoms with Crippen LogP contribution in [0.15, 0.2) is 53.3 Å². The number of primary amides is 1. The van der Waals surface area contributed by atoms with Crippen molar-refractivity contribution >= 4 is 52.1 Å². The van der Waals surface area contributed by atoms with Gasteiger partial charge in [-0.1, -0.05) is 38.1 Å². The molecule has 1 fully saturated rings. The van der Waals surface area contributed by atoms with Crippen LogP contribution in [0.4, 0.5) is 5.69 Å². The lowest BCUT2D eigenvalue weighted by atomic mass is 9.81. The number of amides is 2. The van der Waals surface area contributed by atoms with Gasteiger partial charge in [0, 0.05) is 29.5 Å². The summed E-state index contributed by atoms with van der Waals surface area (Å²) in [5.74, 6) is 0.568. The summed E-state index contributed by atoms with van der Waals surface area (Å²) in [6.07, 6.45) is 3.36. The molecule has 0 saturated heterocycles. The van der Waals surface area contributed by atoms with Crippen LogP contribution in [0.5, 0.6) is 0 Å². The summed E-state index contributed by atoms with van der Waals surface area (Å²) in [6.45, 7) is 6.80. The Hall–Kier alpha value is -4.48. The molecule has 2 amide bonds. The zero-order valence-electron chi connectivity index (χ0n) is 26.3. The third-order valence-electron chi connectivity index (χ3n) is 9.07. The molecule has 0 unspecified atom stereocenters. The van der Waals surface area contributed by atoms with Gasteiger partial charge in [0.25, 0.3) is 0 Å². The van der Waals surface area contributed by atoms with Gasteiger partial charge < -0.3 is 26.4 Å². The van der Waals surface area contributed by atoms with Gasteiger partial charge in [-0.05, 0) is 80.5 Å². The van der Waals surface area contributed by atoms with Crippen LogP contribution in [0.2, 0.25) is 0 Å². The number of aromatic nitrogens is 5. The number of carbonyl (C=O) groups is 2. The van der Waals surface area contributed by atoms with Gasteiger partial charge in [0.1, 0.15) is 11.9 Å². The van der Waals surface area contributed by atoms with E-state index in [-0.39, 0.29) is 42.3 Å². The number of imidazole rings is 2. The molecule has 3 heterocycles. The normalized spacial score (nSPS) is 17.2. The molecule has 7 N–H and O–H groups in total. The van der Waals surface area contributed by atoms with Gasteiger partial charge in [0.05, 0.1) is 22.2 Å². The summed E-state index contributed by atoms with van der Waals surface area (Å²) >= 11 is 0. The number of halogens is 1. The number of H-pyrrole nitrogens is 3. The fraction of sp³-hybridized carbons (Fsp3) is 0.382. The zero-order valence-corrected chi connectivity index (χ0v) is 27.1. The summed E-state index contributed by atoms with van der Waals surface area (Å²) in [5, 5.41) is 0. The van der Waals surface area contributed by atoms with E-state index in [1.54, 1.807) is 18.2 Å². The molecular weight excluding hydrogens is 604 g/mol. The van der Waals surface area contributed by atoms with Crippen LogP contribution in [0.25, 0.3) is 33.5 Å². The number of aryl methyl sites for hydroxylation is 1. The summed E-state index contributed by atoms with van der Waals surface area (Å²) < 4.78 is 0. The molecule has 6 rings (SSSR count). The molecule has 11 nitrogen and oxygen atoms in total. The van der Waals surface area contributed by atoms with Crippen LogP contribution in [0, 0.1) is 18.8 Å². The first-order valence-corrected chi connectivity index (χ1v) is 15.6. The molecule has 242 valence electrons. The van der Waals surface area contributed by atoms with Gasteiger partial charge in [-0.3, -0.25) is 14.5 Å². The molecule has 0 radical (unpaired) electrons. The van der Waals surface area contributed by atoms with Crippen LogP contribution >= 0.6 is 12.4 Å². The maximum absolute atomic E-state index is 14.2. The summed E-state index contributed by atoms with van der Waals surface area (Å²) in [6, 6.07) is 14.2. The van der Waals surface area contributed by atoms with Gasteiger partial charge in [-0.2, -0.15) is 0 Å². The molecule has 12 heteroatoms. The third kappa shape index (κ3) is 6.56. The van der Waals surface area contributed by atoms with Gasteiger partial charge in [-0.25, -0.2) is 14.8 Å². The Morgan fingerprint density at radius 2 is 1.63 bits per heavy atom. The molecule has 46 heavy (non-hydrogen) atoms. The zero-order chi connectivity index (χ0) is 31.8. The fourth-order valence-corrected chi connectivity index (χ4v) is 6.44. The van der Waals surface area contributed by atoms with E-state index in [4.69, 9.17) is 16.5 Å². The van der Waals surface area contributed by atoms with Crippen LogP contribution in [0.1, 0.15) is 62.4 Å². The van der Waals surface area contributed by atoms with E-state index in [1.165, 1.54) is 4.90 Å². The number of aromatic amines is 3. The molecule has 2 aromatic carbocycles. The Morgan fingerprint density at radius 3 is 2.28 bits per heavy atom. The van der Waals surface area contributed by atoms with Crippen LogP contribution in [-0.2, 0) is 16.0 Å². The Morgan fingerprint density at radius 1 is 0.935 bits per heavy atom. The number of carbonyl (C=O) groups excluding carboxylic acids is 2. The fourth-order valence-electron chi connectivity index (χ4n) is 6.44. The van der Waals surface area contributed by atoms with E-state index in [2.05, 4.69) is 39.8 Å². The van der Waals surface area contributed by atoms with E-state index >= 15 is 0 Å². The molecule has 0 aliphatic heterocycles. The van der Waals surface area contributed by atoms with E-state index in [1.807, 2.05) is 31.2 Å². The minimum Gasteiger partial charge on any atom is -0.368 e. The maximum atomic E-state index is 14.2. The second-order valence-corrected chi connectivity index (χ2v) is 12.6. The summed E-state index contributed by atoms with van der Waals surface area (Å²) in [5.41, 5.74) is 18.5. The Labute approximate surface area is 273 Å². The minimum atomic E-state index is -0.937. The first kappa shape index (κ1) is 32.9. The highest BCUT2D eigenvalue weighted by Crippen LogP contribution is 2.33. The molecule has 5 aromatic rings. The molecule has 1 aliphatic rings. The third-order valence-corrected chi connectivity index (χ3v) is 9.07. The Bertz CT molecular complexity index is 1920. The number of nitrogens with one attached hydrogen (secondary N) is 3. The number of pyridine rings is 1. The van der Waals surface area contributed by atoms with Crippen LogP contribution in [-0.4, -0.2) is 49.3 Å². The van der Waals surface area contributed by atoms with E-state index in [9.17, 15) is 14.4 Å². The number of benzene rings is 2. The maximum Gasteiger partial charge on any atom is 0.323 e. The monoisotopic (exact) mass is 644 g/mol. The Kier molecular flexibility index (Phi) is 9.64. The molecule has 0 bridgehead atoms. The van der Waals surface area contributed by atoms with Crippen molar-refractivity contribution in [3.05, 3.63) is 76.0 Å². The van der Waals surface area contributed by atoms with Crippen molar-refractivity contribution in [3.8, 4) is 11.3 Å². The van der Waals surface area contributed by atoms with Gasteiger partial charge >= 0.3 is 5.69 Å². The predicted octanol–water partition coefficient (Wildman–Crippen LogP) is 4.84. The van der Waals surface area contributed by atoms with Crippen molar-refractivity contribution in [2.24, 2.45) is 23.3 Å². The van der Waals surface area contributed by atoms with Crippen molar-refractivity contribution < 1.29 is 9.59 Å². The lowest BCUT2D eigenvalue weighted by Crippen LogP contribution is -2.52. The summed E-state index contributed by atoms with van der Waals surface area (Å²) in [4.78, 5) is 59.1. The molecule has 0 spiro atoms. The molecular formula is C34H41ClN8O3. The quantitative estimate of drug-likeness (QED) is 0.153. The topological polar surface area (TPSA) is 180 Å². The number of hydrogen-bond donors (Lipinski definition) is 5. The first-order chi connectivity index (χ1) is 21.6.